The molecule has 1 atom stereocenters. The number of methoxy groups -OCH3 is 1. The van der Waals surface area contributed by atoms with Gasteiger partial charge in [-0.25, -0.2) is 0 Å². The van der Waals surface area contributed by atoms with Gasteiger partial charge in [0.15, 0.2) is 5.78 Å². The second-order valence-corrected chi connectivity index (χ2v) is 10.7. The summed E-state index contributed by atoms with van der Waals surface area (Å²) in [4.78, 5) is 27.0. The number of Topliss-reactive ketones (excluding diaryl/α,β-unsaturated/α-hetero) is 1. The Balaban J connectivity index is 1.92. The highest BCUT2D eigenvalue weighted by molar-refractivity contribution is 8.00. The molecular formula is C30H34O4S. The summed E-state index contributed by atoms with van der Waals surface area (Å²) in [6, 6.07) is 22.0. The van der Waals surface area contributed by atoms with Gasteiger partial charge in [0.05, 0.1) is 18.5 Å². The molecule has 0 saturated carbocycles. The number of benzene rings is 3. The normalized spacial score (nSPS) is 12.2. The standard InChI is InChI=1S/C30H34O4S/c1-7-34-29(32)27(26-18-20(2)25(17-21(26)3)23-11-9-8-10-12-23)28(31)30(4,5)35-19-22-13-15-24(33-6)16-14-22/h8-18,27H,7,19H2,1-6H3. The summed E-state index contributed by atoms with van der Waals surface area (Å²) in [5.41, 5.74) is 5.91. The summed E-state index contributed by atoms with van der Waals surface area (Å²) in [5, 5.41) is 0. The van der Waals surface area contributed by atoms with E-state index in [2.05, 4.69) is 18.2 Å². The summed E-state index contributed by atoms with van der Waals surface area (Å²) < 4.78 is 9.82. The molecular weight excluding hydrogens is 456 g/mol. The quantitative estimate of drug-likeness (QED) is 0.228. The van der Waals surface area contributed by atoms with Crippen LogP contribution in [0.25, 0.3) is 11.1 Å². The molecule has 0 aromatic heterocycles. The minimum Gasteiger partial charge on any atom is -0.497 e. The number of hydrogen-bond donors (Lipinski definition) is 0. The molecule has 0 amide bonds. The highest BCUT2D eigenvalue weighted by atomic mass is 32.2. The number of ketones is 1. The zero-order valence-electron chi connectivity index (χ0n) is 21.4. The maximum Gasteiger partial charge on any atom is 0.321 e. The summed E-state index contributed by atoms with van der Waals surface area (Å²) in [6.07, 6.45) is 0. The summed E-state index contributed by atoms with van der Waals surface area (Å²) >= 11 is 1.52. The minimum atomic E-state index is -0.975. The van der Waals surface area contributed by atoms with Crippen molar-refractivity contribution in [2.24, 2.45) is 0 Å². The number of ether oxygens (including phenoxy) is 2. The Morgan fingerprint density at radius 3 is 2.20 bits per heavy atom. The van der Waals surface area contributed by atoms with Crippen LogP contribution >= 0.6 is 11.8 Å². The average molecular weight is 491 g/mol. The Kier molecular flexibility index (Phi) is 8.79. The molecule has 0 spiro atoms. The van der Waals surface area contributed by atoms with Gasteiger partial charge in [0.25, 0.3) is 0 Å². The summed E-state index contributed by atoms with van der Waals surface area (Å²) in [5.74, 6) is -0.184. The fourth-order valence-electron chi connectivity index (χ4n) is 4.08. The average Bonchev–Trinajstić information content (AvgIpc) is 2.85. The lowest BCUT2D eigenvalue weighted by Gasteiger charge is -2.28. The molecule has 5 heteroatoms. The van der Waals surface area contributed by atoms with Gasteiger partial charge < -0.3 is 9.47 Å². The van der Waals surface area contributed by atoms with Gasteiger partial charge in [-0.2, -0.15) is 0 Å². The molecule has 184 valence electrons. The fourth-order valence-corrected chi connectivity index (χ4v) is 5.06. The third-order valence-electron chi connectivity index (χ3n) is 6.15. The van der Waals surface area contributed by atoms with E-state index in [0.717, 1.165) is 33.6 Å². The lowest BCUT2D eigenvalue weighted by Crippen LogP contribution is -2.38. The monoisotopic (exact) mass is 490 g/mol. The van der Waals surface area contributed by atoms with Gasteiger partial charge in [0.2, 0.25) is 0 Å². The van der Waals surface area contributed by atoms with Crippen LogP contribution in [0.2, 0.25) is 0 Å². The van der Waals surface area contributed by atoms with Crippen molar-refractivity contribution in [3.05, 3.63) is 89.0 Å². The molecule has 3 rings (SSSR count). The van der Waals surface area contributed by atoms with E-state index in [1.807, 2.05) is 76.2 Å². The van der Waals surface area contributed by atoms with E-state index in [0.29, 0.717) is 11.3 Å². The first-order valence-corrected chi connectivity index (χ1v) is 12.8. The molecule has 1 unspecified atom stereocenters. The van der Waals surface area contributed by atoms with Crippen LogP contribution in [0, 0.1) is 13.8 Å². The number of thioether (sulfide) groups is 1. The van der Waals surface area contributed by atoms with Crippen molar-refractivity contribution in [2.45, 2.75) is 51.0 Å². The Bertz CT molecular complexity index is 1170. The van der Waals surface area contributed by atoms with Gasteiger partial charge in [-0.3, -0.25) is 9.59 Å². The Morgan fingerprint density at radius 1 is 0.943 bits per heavy atom. The molecule has 3 aromatic rings. The SMILES string of the molecule is CCOC(=O)C(C(=O)C(C)(C)SCc1ccc(OC)cc1)c1cc(C)c(-c2ccccc2)cc1C. The van der Waals surface area contributed by atoms with Gasteiger partial charge in [-0.15, -0.1) is 11.8 Å². The number of hydrogen-bond acceptors (Lipinski definition) is 5. The number of carbonyl (C=O) groups excluding carboxylic acids is 2. The molecule has 0 bridgehead atoms. The van der Waals surface area contributed by atoms with Crippen molar-refractivity contribution in [1.29, 1.82) is 0 Å². The largest absolute Gasteiger partial charge is 0.497 e. The van der Waals surface area contributed by atoms with Crippen molar-refractivity contribution < 1.29 is 19.1 Å². The van der Waals surface area contributed by atoms with Gasteiger partial charge in [-0.05, 0) is 80.1 Å². The smallest absolute Gasteiger partial charge is 0.321 e. The third-order valence-corrected chi connectivity index (χ3v) is 7.55. The molecule has 0 saturated heterocycles. The maximum absolute atomic E-state index is 13.9. The van der Waals surface area contributed by atoms with E-state index >= 15 is 0 Å². The van der Waals surface area contributed by atoms with E-state index in [9.17, 15) is 9.59 Å². The molecule has 0 aliphatic heterocycles. The van der Waals surface area contributed by atoms with E-state index in [1.54, 1.807) is 14.0 Å². The topological polar surface area (TPSA) is 52.6 Å². The molecule has 4 nitrogen and oxygen atoms in total. The molecule has 0 N–H and O–H groups in total. The Labute approximate surface area is 213 Å². The van der Waals surface area contributed by atoms with Crippen LogP contribution in [-0.4, -0.2) is 30.2 Å². The van der Waals surface area contributed by atoms with Crippen LogP contribution in [0.5, 0.6) is 5.75 Å². The number of esters is 1. The van der Waals surface area contributed by atoms with Crippen molar-refractivity contribution in [3.63, 3.8) is 0 Å². The fraction of sp³-hybridized carbons (Fsp3) is 0.333. The van der Waals surface area contributed by atoms with Crippen molar-refractivity contribution in [2.75, 3.05) is 13.7 Å². The molecule has 0 aliphatic carbocycles. The number of carbonyl (C=O) groups is 2. The molecule has 0 heterocycles. The Hall–Kier alpha value is -3.05. The lowest BCUT2D eigenvalue weighted by molar-refractivity contribution is -0.148. The van der Waals surface area contributed by atoms with E-state index in [-0.39, 0.29) is 12.4 Å². The van der Waals surface area contributed by atoms with Crippen LogP contribution < -0.4 is 4.74 Å². The predicted molar refractivity (Wildman–Crippen MR) is 144 cm³/mol. The first-order chi connectivity index (χ1) is 16.7. The minimum absolute atomic E-state index is 0.149. The zero-order chi connectivity index (χ0) is 25.6. The van der Waals surface area contributed by atoms with E-state index in [4.69, 9.17) is 9.47 Å². The van der Waals surface area contributed by atoms with Crippen molar-refractivity contribution in [3.8, 4) is 16.9 Å². The summed E-state index contributed by atoms with van der Waals surface area (Å²) in [6.45, 7) is 9.73. The van der Waals surface area contributed by atoms with Gasteiger partial charge in [0, 0.05) is 5.75 Å². The highest BCUT2D eigenvalue weighted by Gasteiger charge is 2.40. The van der Waals surface area contributed by atoms with Gasteiger partial charge in [-0.1, -0.05) is 54.6 Å². The van der Waals surface area contributed by atoms with E-state index < -0.39 is 16.6 Å². The first-order valence-electron chi connectivity index (χ1n) is 11.8. The maximum atomic E-state index is 13.9. The van der Waals surface area contributed by atoms with Crippen molar-refractivity contribution >= 4 is 23.5 Å². The molecule has 35 heavy (non-hydrogen) atoms. The first kappa shape index (κ1) is 26.6. The van der Waals surface area contributed by atoms with Crippen LogP contribution in [0.4, 0.5) is 0 Å². The lowest BCUT2D eigenvalue weighted by atomic mass is 9.83. The third kappa shape index (κ3) is 6.34. The van der Waals surface area contributed by atoms with Crippen LogP contribution in [-0.2, 0) is 20.1 Å². The molecule has 0 aliphatic rings. The molecule has 0 radical (unpaired) electrons. The van der Waals surface area contributed by atoms with Crippen molar-refractivity contribution in [1.82, 2.24) is 0 Å². The number of aryl methyl sites for hydroxylation is 2. The van der Waals surface area contributed by atoms with Gasteiger partial charge >= 0.3 is 5.97 Å². The van der Waals surface area contributed by atoms with Crippen LogP contribution in [0.15, 0.2) is 66.7 Å². The van der Waals surface area contributed by atoms with Crippen LogP contribution in [0.1, 0.15) is 48.9 Å². The zero-order valence-corrected chi connectivity index (χ0v) is 22.2. The molecule has 0 fully saturated rings. The number of rotatable bonds is 10. The van der Waals surface area contributed by atoms with Gasteiger partial charge in [0.1, 0.15) is 11.7 Å². The predicted octanol–water partition coefficient (Wildman–Crippen LogP) is 6.91. The highest BCUT2D eigenvalue weighted by Crippen LogP contribution is 2.38. The van der Waals surface area contributed by atoms with Crippen LogP contribution in [0.3, 0.4) is 0 Å². The second-order valence-electron chi connectivity index (χ2n) is 9.09. The Morgan fingerprint density at radius 2 is 1.60 bits per heavy atom. The molecule has 3 aromatic carbocycles. The van der Waals surface area contributed by atoms with E-state index in [1.165, 1.54) is 11.8 Å². The summed E-state index contributed by atoms with van der Waals surface area (Å²) in [7, 11) is 1.64. The second kappa shape index (κ2) is 11.6.